The minimum atomic E-state index is -0.696. The van der Waals surface area contributed by atoms with Gasteiger partial charge in [-0.05, 0) is 45.1 Å². The van der Waals surface area contributed by atoms with Crippen molar-refractivity contribution in [2.45, 2.75) is 37.8 Å². The molecule has 184 valence electrons. The summed E-state index contributed by atoms with van der Waals surface area (Å²) in [6.07, 6.45) is 6.11. The number of primary amides is 1. The first-order valence-electron chi connectivity index (χ1n) is 11.8. The number of nitrogens with one attached hydrogen (secondary N) is 1. The molecular weight excluding hydrogens is 437 g/mol. The summed E-state index contributed by atoms with van der Waals surface area (Å²) in [7, 11) is 6.20. The van der Waals surface area contributed by atoms with Crippen LogP contribution in [0.3, 0.4) is 0 Å². The molecule has 1 aromatic carbocycles. The number of rotatable bonds is 7. The Morgan fingerprint density at radius 3 is 2.53 bits per heavy atom. The third-order valence-corrected chi connectivity index (χ3v) is 6.77. The van der Waals surface area contributed by atoms with Crippen LogP contribution in [0.1, 0.15) is 36.2 Å². The molecule has 9 nitrogen and oxygen atoms in total. The van der Waals surface area contributed by atoms with Gasteiger partial charge in [0.05, 0.1) is 25.1 Å². The third-order valence-electron chi connectivity index (χ3n) is 6.77. The Hall–Kier alpha value is -2.98. The van der Waals surface area contributed by atoms with Crippen molar-refractivity contribution < 1.29 is 13.9 Å². The summed E-state index contributed by atoms with van der Waals surface area (Å²) in [6, 6.07) is 5.56. The van der Waals surface area contributed by atoms with Crippen molar-refractivity contribution in [1.82, 2.24) is 14.9 Å². The van der Waals surface area contributed by atoms with Gasteiger partial charge in [-0.3, -0.25) is 4.79 Å². The lowest BCUT2D eigenvalue weighted by molar-refractivity contribution is 0.0996. The number of nitrogens with zero attached hydrogens (tertiary/aromatic N) is 5. The molecule has 2 unspecified atom stereocenters. The Bertz CT molecular complexity index is 1010. The van der Waals surface area contributed by atoms with E-state index in [4.69, 9.17) is 10.5 Å². The second kappa shape index (κ2) is 10.5. The molecule has 0 radical (unpaired) electrons. The fraction of sp³-hybridized carbons (Fsp3) is 0.542. The van der Waals surface area contributed by atoms with Crippen molar-refractivity contribution in [2.24, 2.45) is 5.73 Å². The maximum absolute atomic E-state index is 14.9. The van der Waals surface area contributed by atoms with E-state index in [0.717, 1.165) is 19.3 Å². The minimum Gasteiger partial charge on any atom is -0.378 e. The average Bonchev–Trinajstić information content (AvgIpc) is 2.84. The van der Waals surface area contributed by atoms with Gasteiger partial charge in [-0.2, -0.15) is 0 Å². The van der Waals surface area contributed by atoms with Crippen LogP contribution in [0.5, 0.6) is 0 Å². The zero-order valence-electron chi connectivity index (χ0n) is 20.1. The SMILES string of the molecule is CN(C)C1CCCCC1N(C)c1cnc(C(N)=O)c(Nc2ccc(N3CCOCC3)c(F)c2)n1. The molecule has 2 atom stereocenters. The maximum Gasteiger partial charge on any atom is 0.271 e. The number of nitrogens with two attached hydrogens (primary N) is 1. The number of aromatic nitrogens is 2. The van der Waals surface area contributed by atoms with E-state index >= 15 is 0 Å². The summed E-state index contributed by atoms with van der Waals surface area (Å²) in [5, 5.41) is 3.06. The number of hydrogen-bond donors (Lipinski definition) is 2. The molecule has 10 heteroatoms. The van der Waals surface area contributed by atoms with E-state index in [9.17, 15) is 9.18 Å². The van der Waals surface area contributed by atoms with E-state index in [1.165, 1.54) is 12.5 Å². The summed E-state index contributed by atoms with van der Waals surface area (Å²) < 4.78 is 20.3. The zero-order valence-corrected chi connectivity index (χ0v) is 20.1. The fourth-order valence-corrected chi connectivity index (χ4v) is 4.92. The van der Waals surface area contributed by atoms with Gasteiger partial charge in [-0.1, -0.05) is 12.8 Å². The number of benzene rings is 1. The first-order valence-corrected chi connectivity index (χ1v) is 11.8. The Kier molecular flexibility index (Phi) is 7.47. The van der Waals surface area contributed by atoms with Crippen LogP contribution in [0.4, 0.5) is 27.4 Å². The van der Waals surface area contributed by atoms with E-state index < -0.39 is 5.91 Å². The lowest BCUT2D eigenvalue weighted by Crippen LogP contribution is -2.50. The highest BCUT2D eigenvalue weighted by Gasteiger charge is 2.31. The zero-order chi connectivity index (χ0) is 24.2. The molecular formula is C24H34FN7O2. The molecule has 2 fully saturated rings. The molecule has 1 saturated heterocycles. The van der Waals surface area contributed by atoms with E-state index in [1.54, 1.807) is 18.3 Å². The van der Waals surface area contributed by atoms with Crippen molar-refractivity contribution in [1.29, 1.82) is 0 Å². The van der Waals surface area contributed by atoms with Crippen molar-refractivity contribution in [3.63, 3.8) is 0 Å². The third kappa shape index (κ3) is 5.23. The number of anilines is 4. The number of hydrogen-bond acceptors (Lipinski definition) is 8. The summed E-state index contributed by atoms with van der Waals surface area (Å²) >= 11 is 0. The number of likely N-dealkylation sites (N-methyl/N-ethyl adjacent to an activating group) is 2. The van der Waals surface area contributed by atoms with E-state index in [1.807, 2.05) is 11.9 Å². The lowest BCUT2D eigenvalue weighted by Gasteiger charge is -2.41. The van der Waals surface area contributed by atoms with Gasteiger partial charge in [0.1, 0.15) is 11.6 Å². The van der Waals surface area contributed by atoms with Crippen LogP contribution in [0.15, 0.2) is 24.4 Å². The number of ether oxygens (including phenoxy) is 1. The molecule has 1 aromatic heterocycles. The molecule has 34 heavy (non-hydrogen) atoms. The largest absolute Gasteiger partial charge is 0.378 e. The molecule has 2 aliphatic rings. The number of amides is 1. The van der Waals surface area contributed by atoms with Gasteiger partial charge < -0.3 is 30.5 Å². The van der Waals surface area contributed by atoms with Crippen LogP contribution >= 0.6 is 0 Å². The van der Waals surface area contributed by atoms with Crippen molar-refractivity contribution >= 4 is 28.9 Å². The number of halogens is 1. The van der Waals surface area contributed by atoms with E-state index in [-0.39, 0.29) is 23.4 Å². The highest BCUT2D eigenvalue weighted by atomic mass is 19.1. The van der Waals surface area contributed by atoms with Gasteiger partial charge in [-0.25, -0.2) is 14.4 Å². The number of morpholine rings is 1. The van der Waals surface area contributed by atoms with Gasteiger partial charge >= 0.3 is 0 Å². The van der Waals surface area contributed by atoms with Crippen molar-refractivity contribution in [3.05, 3.63) is 35.9 Å². The first kappa shape index (κ1) is 24.2. The monoisotopic (exact) mass is 471 g/mol. The first-order chi connectivity index (χ1) is 16.3. The Morgan fingerprint density at radius 2 is 1.88 bits per heavy atom. The normalized spacial score (nSPS) is 20.9. The fourth-order valence-electron chi connectivity index (χ4n) is 4.92. The van der Waals surface area contributed by atoms with Crippen molar-refractivity contribution in [2.75, 3.05) is 62.6 Å². The summed E-state index contributed by atoms with van der Waals surface area (Å²) in [5.74, 6) is -0.201. The van der Waals surface area contributed by atoms with E-state index in [2.05, 4.69) is 39.2 Å². The van der Waals surface area contributed by atoms with Crippen LogP contribution in [-0.4, -0.2) is 80.3 Å². The summed E-state index contributed by atoms with van der Waals surface area (Å²) in [5.41, 5.74) is 6.56. The Morgan fingerprint density at radius 1 is 1.18 bits per heavy atom. The lowest BCUT2D eigenvalue weighted by atomic mass is 9.88. The summed E-state index contributed by atoms with van der Waals surface area (Å²) in [6.45, 7) is 2.44. The quantitative estimate of drug-likeness (QED) is 0.636. The number of carbonyl (C=O) groups is 1. The van der Waals surface area contributed by atoms with Gasteiger partial charge in [0.2, 0.25) is 0 Å². The van der Waals surface area contributed by atoms with E-state index in [0.29, 0.717) is 49.5 Å². The average molecular weight is 472 g/mol. The molecule has 0 bridgehead atoms. The molecule has 1 amide bonds. The highest BCUT2D eigenvalue weighted by Crippen LogP contribution is 2.30. The number of carbonyl (C=O) groups excluding carboxylic acids is 1. The van der Waals surface area contributed by atoms with Gasteiger partial charge in [0.15, 0.2) is 11.5 Å². The molecule has 4 rings (SSSR count). The standard InChI is InChI=1S/C24H34FN7O2/c1-30(2)19-6-4-5-7-20(19)31(3)21-15-27-22(23(26)33)24(29-21)28-16-8-9-18(17(25)14-16)32-10-12-34-13-11-32/h8-9,14-15,19-20H,4-7,10-13H2,1-3H3,(H2,26,33)(H,28,29). The maximum atomic E-state index is 14.9. The summed E-state index contributed by atoms with van der Waals surface area (Å²) in [4.78, 5) is 27.3. The van der Waals surface area contributed by atoms with Gasteiger partial charge in [0, 0.05) is 37.9 Å². The molecule has 1 aliphatic heterocycles. The molecule has 3 N–H and O–H groups in total. The predicted molar refractivity (Wildman–Crippen MR) is 131 cm³/mol. The topological polar surface area (TPSA) is 99.8 Å². The molecule has 2 heterocycles. The van der Waals surface area contributed by atoms with Crippen LogP contribution in [0, 0.1) is 5.82 Å². The Balaban J connectivity index is 1.59. The molecule has 0 spiro atoms. The molecule has 2 aromatic rings. The van der Waals surface area contributed by atoms with Crippen LogP contribution in [0.25, 0.3) is 0 Å². The van der Waals surface area contributed by atoms with Crippen LogP contribution < -0.4 is 20.9 Å². The van der Waals surface area contributed by atoms with Crippen LogP contribution in [0.2, 0.25) is 0 Å². The molecule has 1 saturated carbocycles. The van der Waals surface area contributed by atoms with Crippen molar-refractivity contribution in [3.8, 4) is 0 Å². The van der Waals surface area contributed by atoms with Gasteiger partial charge in [-0.15, -0.1) is 0 Å². The smallest absolute Gasteiger partial charge is 0.271 e. The predicted octanol–water partition coefficient (Wildman–Crippen LogP) is 2.60. The Labute approximate surface area is 200 Å². The second-order valence-corrected chi connectivity index (χ2v) is 9.17. The minimum absolute atomic E-state index is 0.0163. The molecule has 1 aliphatic carbocycles. The van der Waals surface area contributed by atoms with Crippen LogP contribution in [-0.2, 0) is 4.74 Å². The highest BCUT2D eigenvalue weighted by molar-refractivity contribution is 5.96. The van der Waals surface area contributed by atoms with Gasteiger partial charge in [0.25, 0.3) is 5.91 Å². The second-order valence-electron chi connectivity index (χ2n) is 9.17.